The fourth-order valence-corrected chi connectivity index (χ4v) is 3.74. The molecule has 9 nitrogen and oxygen atoms in total. The smallest absolute Gasteiger partial charge is 0.407 e. The van der Waals surface area contributed by atoms with Gasteiger partial charge in [0.15, 0.2) is 6.10 Å². The Bertz CT molecular complexity index is 834. The minimum absolute atomic E-state index is 0.0243. The molecule has 1 aliphatic carbocycles. The normalized spacial score (nSPS) is 22.8. The SMILES string of the molecule is CC(C)(C)OC(=O)N[C@H]1CC[C@H](C(=O)NNC(=O)C2CNc3cc(Cl)ccc3O2)CC1. The van der Waals surface area contributed by atoms with Gasteiger partial charge in [0, 0.05) is 17.0 Å². The van der Waals surface area contributed by atoms with Crippen LogP contribution in [-0.4, -0.2) is 42.2 Å². The third-order valence-electron chi connectivity index (χ3n) is 5.11. The van der Waals surface area contributed by atoms with Crippen LogP contribution in [0.25, 0.3) is 0 Å². The molecule has 3 amide bonds. The largest absolute Gasteiger partial charge is 0.476 e. The molecule has 1 heterocycles. The quantitative estimate of drug-likeness (QED) is 0.524. The van der Waals surface area contributed by atoms with Crippen molar-refractivity contribution < 1.29 is 23.9 Å². The van der Waals surface area contributed by atoms with Crippen LogP contribution in [0.15, 0.2) is 18.2 Å². The minimum Gasteiger partial charge on any atom is -0.476 e. The van der Waals surface area contributed by atoms with Crippen LogP contribution in [0.5, 0.6) is 5.75 Å². The first-order chi connectivity index (χ1) is 14.6. The molecule has 0 spiro atoms. The lowest BCUT2D eigenvalue weighted by atomic mass is 9.85. The molecule has 3 rings (SSSR count). The fraction of sp³-hybridized carbons (Fsp3) is 0.571. The van der Waals surface area contributed by atoms with E-state index in [-0.39, 0.29) is 24.4 Å². The average molecular weight is 453 g/mol. The van der Waals surface area contributed by atoms with E-state index in [9.17, 15) is 14.4 Å². The Kier molecular flexibility index (Phi) is 7.15. The topological polar surface area (TPSA) is 118 Å². The van der Waals surface area contributed by atoms with Crippen LogP contribution in [0.1, 0.15) is 46.5 Å². The third-order valence-corrected chi connectivity index (χ3v) is 5.34. The number of carbonyl (C=O) groups is 3. The van der Waals surface area contributed by atoms with E-state index in [0.717, 1.165) is 5.69 Å². The number of benzene rings is 1. The number of rotatable bonds is 3. The molecule has 1 atom stereocenters. The van der Waals surface area contributed by atoms with Crippen molar-refractivity contribution in [1.82, 2.24) is 16.2 Å². The summed E-state index contributed by atoms with van der Waals surface area (Å²) in [6.07, 6.45) is 1.33. The Hall–Kier alpha value is -2.68. The fourth-order valence-electron chi connectivity index (χ4n) is 3.57. The molecule has 4 N–H and O–H groups in total. The van der Waals surface area contributed by atoms with Gasteiger partial charge in [0.1, 0.15) is 11.4 Å². The summed E-state index contributed by atoms with van der Waals surface area (Å²) < 4.78 is 10.9. The average Bonchev–Trinajstić information content (AvgIpc) is 2.70. The lowest BCUT2D eigenvalue weighted by Crippen LogP contribution is -2.53. The second-order valence-electron chi connectivity index (χ2n) is 8.80. The number of nitrogens with one attached hydrogen (secondary N) is 4. The standard InChI is InChI=1S/C21H29ClN4O5/c1-21(2,3)31-20(29)24-14-7-4-12(5-8-14)18(27)25-26-19(28)17-11-23-15-10-13(22)6-9-16(15)30-17/h6,9-10,12,14,17,23H,4-5,7-8,11H2,1-3H3,(H,24,29)(H,25,27)(H,26,28)/t12-,14-,17?. The van der Waals surface area contributed by atoms with Crippen molar-refractivity contribution in [3.05, 3.63) is 23.2 Å². The van der Waals surface area contributed by atoms with Crippen molar-refractivity contribution in [2.45, 2.75) is 64.2 Å². The van der Waals surface area contributed by atoms with Gasteiger partial charge in [-0.2, -0.15) is 0 Å². The van der Waals surface area contributed by atoms with Gasteiger partial charge in [-0.15, -0.1) is 0 Å². The number of halogens is 1. The van der Waals surface area contributed by atoms with Gasteiger partial charge in [-0.1, -0.05) is 11.6 Å². The molecule has 1 unspecified atom stereocenters. The lowest BCUT2D eigenvalue weighted by molar-refractivity contribution is -0.135. The number of hydrogen-bond donors (Lipinski definition) is 4. The Morgan fingerprint density at radius 3 is 2.45 bits per heavy atom. The molecule has 1 saturated carbocycles. The van der Waals surface area contributed by atoms with Gasteiger partial charge in [-0.25, -0.2) is 4.79 Å². The van der Waals surface area contributed by atoms with E-state index in [2.05, 4.69) is 21.5 Å². The zero-order chi connectivity index (χ0) is 22.6. The van der Waals surface area contributed by atoms with Crippen LogP contribution in [-0.2, 0) is 14.3 Å². The second-order valence-corrected chi connectivity index (χ2v) is 9.24. The van der Waals surface area contributed by atoms with Crippen LogP contribution < -0.4 is 26.2 Å². The summed E-state index contributed by atoms with van der Waals surface area (Å²) in [5, 5.41) is 6.51. The predicted molar refractivity (Wildman–Crippen MR) is 116 cm³/mol. The van der Waals surface area contributed by atoms with Crippen molar-refractivity contribution in [3.63, 3.8) is 0 Å². The van der Waals surface area contributed by atoms with Crippen LogP contribution in [0.4, 0.5) is 10.5 Å². The van der Waals surface area contributed by atoms with E-state index < -0.39 is 23.7 Å². The minimum atomic E-state index is -0.775. The number of anilines is 1. The molecule has 170 valence electrons. The summed E-state index contributed by atoms with van der Waals surface area (Å²) in [7, 11) is 0. The maximum atomic E-state index is 12.4. The molecule has 31 heavy (non-hydrogen) atoms. The molecule has 10 heteroatoms. The number of fused-ring (bicyclic) bond motifs is 1. The number of ether oxygens (including phenoxy) is 2. The number of amides is 3. The van der Waals surface area contributed by atoms with Gasteiger partial charge in [0.2, 0.25) is 5.91 Å². The first-order valence-corrected chi connectivity index (χ1v) is 10.8. The molecule has 2 aliphatic rings. The highest BCUT2D eigenvalue weighted by Gasteiger charge is 2.30. The highest BCUT2D eigenvalue weighted by molar-refractivity contribution is 6.30. The second kappa shape index (κ2) is 9.64. The number of carbonyl (C=O) groups excluding carboxylic acids is 3. The molecule has 0 bridgehead atoms. The number of alkyl carbamates (subject to hydrolysis) is 1. The molecule has 0 radical (unpaired) electrons. The monoisotopic (exact) mass is 452 g/mol. The summed E-state index contributed by atoms with van der Waals surface area (Å²) in [5.41, 5.74) is 5.10. The Morgan fingerprint density at radius 2 is 1.77 bits per heavy atom. The predicted octanol–water partition coefficient (Wildman–Crippen LogP) is 2.74. The zero-order valence-electron chi connectivity index (χ0n) is 17.9. The molecular weight excluding hydrogens is 424 g/mol. The first-order valence-electron chi connectivity index (χ1n) is 10.4. The van der Waals surface area contributed by atoms with Crippen molar-refractivity contribution in [1.29, 1.82) is 0 Å². The van der Waals surface area contributed by atoms with E-state index in [1.54, 1.807) is 18.2 Å². The summed E-state index contributed by atoms with van der Waals surface area (Å²) >= 11 is 5.94. The van der Waals surface area contributed by atoms with Gasteiger partial charge >= 0.3 is 6.09 Å². The van der Waals surface area contributed by atoms with E-state index in [1.165, 1.54) is 0 Å². The Morgan fingerprint density at radius 1 is 1.10 bits per heavy atom. The number of hydrogen-bond acceptors (Lipinski definition) is 6. The maximum absolute atomic E-state index is 12.4. The van der Waals surface area contributed by atoms with Gasteiger partial charge in [0.05, 0.1) is 12.2 Å². The molecule has 1 aromatic carbocycles. The van der Waals surface area contributed by atoms with Crippen LogP contribution in [0.3, 0.4) is 0 Å². The summed E-state index contributed by atoms with van der Waals surface area (Å²) in [6.45, 7) is 5.69. The Balaban J connectivity index is 1.39. The molecular formula is C21H29ClN4O5. The highest BCUT2D eigenvalue weighted by Crippen LogP contribution is 2.31. The number of hydrazine groups is 1. The summed E-state index contributed by atoms with van der Waals surface area (Å²) in [5.74, 6) is -0.398. The molecule has 1 fully saturated rings. The van der Waals surface area contributed by atoms with Gasteiger partial charge in [-0.05, 0) is 64.7 Å². The van der Waals surface area contributed by atoms with Crippen LogP contribution in [0, 0.1) is 5.92 Å². The lowest BCUT2D eigenvalue weighted by Gasteiger charge is -2.30. The van der Waals surface area contributed by atoms with Crippen LogP contribution in [0.2, 0.25) is 5.02 Å². The molecule has 0 aromatic heterocycles. The zero-order valence-corrected chi connectivity index (χ0v) is 18.7. The maximum Gasteiger partial charge on any atom is 0.407 e. The van der Waals surface area contributed by atoms with Crippen molar-refractivity contribution in [2.24, 2.45) is 5.92 Å². The van der Waals surface area contributed by atoms with Gasteiger partial charge in [-0.3, -0.25) is 20.4 Å². The third kappa shape index (κ3) is 6.65. The van der Waals surface area contributed by atoms with Crippen molar-refractivity contribution >= 4 is 35.2 Å². The molecule has 1 aromatic rings. The first kappa shape index (κ1) is 23.0. The van der Waals surface area contributed by atoms with Gasteiger partial charge in [0.25, 0.3) is 5.91 Å². The van der Waals surface area contributed by atoms with E-state index >= 15 is 0 Å². The van der Waals surface area contributed by atoms with Crippen molar-refractivity contribution in [3.8, 4) is 5.75 Å². The van der Waals surface area contributed by atoms with Gasteiger partial charge < -0.3 is 20.1 Å². The van der Waals surface area contributed by atoms with E-state index in [4.69, 9.17) is 21.1 Å². The molecule has 0 saturated heterocycles. The Labute approximate surface area is 186 Å². The van der Waals surface area contributed by atoms with E-state index in [1.807, 2.05) is 20.8 Å². The highest BCUT2D eigenvalue weighted by atomic mass is 35.5. The summed E-state index contributed by atoms with van der Waals surface area (Å²) in [4.78, 5) is 36.7. The molecule has 1 aliphatic heterocycles. The van der Waals surface area contributed by atoms with Crippen LogP contribution >= 0.6 is 11.6 Å². The van der Waals surface area contributed by atoms with E-state index in [0.29, 0.717) is 36.5 Å². The van der Waals surface area contributed by atoms with Crippen molar-refractivity contribution in [2.75, 3.05) is 11.9 Å². The summed E-state index contributed by atoms with van der Waals surface area (Å²) in [6, 6.07) is 5.06.